The Morgan fingerprint density at radius 1 is 1.33 bits per heavy atom. The Bertz CT molecular complexity index is 706. The van der Waals surface area contributed by atoms with E-state index in [4.69, 9.17) is 0 Å². The van der Waals surface area contributed by atoms with Crippen molar-refractivity contribution in [3.05, 3.63) is 34.6 Å². The molecule has 1 aromatic carbocycles. The van der Waals surface area contributed by atoms with E-state index in [9.17, 15) is 9.59 Å². The molecule has 0 saturated carbocycles. The molecule has 1 amide bonds. The zero-order valence-corrected chi connectivity index (χ0v) is 12.6. The Kier molecular flexibility index (Phi) is 4.35. The fourth-order valence-corrected chi connectivity index (χ4v) is 1.91. The van der Waals surface area contributed by atoms with E-state index in [0.717, 1.165) is 6.42 Å². The molecule has 0 atom stereocenters. The molecule has 0 unspecified atom stereocenters. The minimum absolute atomic E-state index is 0.0938. The van der Waals surface area contributed by atoms with Gasteiger partial charge in [-0.15, -0.1) is 5.10 Å². The summed E-state index contributed by atoms with van der Waals surface area (Å²) in [5.41, 5.74) is 0.107. The summed E-state index contributed by atoms with van der Waals surface area (Å²) in [6, 6.07) is 7.04. The molecule has 2 rings (SSSR count). The van der Waals surface area contributed by atoms with E-state index < -0.39 is 0 Å². The van der Waals surface area contributed by atoms with Crippen molar-refractivity contribution in [3.63, 3.8) is 0 Å². The van der Waals surface area contributed by atoms with Crippen molar-refractivity contribution in [1.29, 1.82) is 0 Å². The van der Waals surface area contributed by atoms with Gasteiger partial charge >= 0.3 is 0 Å². The molecule has 0 aliphatic carbocycles. The van der Waals surface area contributed by atoms with E-state index in [1.807, 2.05) is 20.8 Å². The van der Waals surface area contributed by atoms with Crippen LogP contribution in [0.2, 0.25) is 0 Å². The number of hydrogen-bond acceptors (Lipinski definition) is 4. The van der Waals surface area contributed by atoms with E-state index in [1.165, 1.54) is 4.68 Å². The monoisotopic (exact) mass is 288 g/mol. The van der Waals surface area contributed by atoms with Crippen LogP contribution in [0.5, 0.6) is 0 Å². The second-order valence-corrected chi connectivity index (χ2v) is 5.67. The summed E-state index contributed by atoms with van der Waals surface area (Å²) in [6.07, 6.45) is 1.05. The first kappa shape index (κ1) is 15.2. The summed E-state index contributed by atoms with van der Waals surface area (Å²) in [5, 5.41) is 11.3. The van der Waals surface area contributed by atoms with Gasteiger partial charge in [0.15, 0.2) is 0 Å². The van der Waals surface area contributed by atoms with Gasteiger partial charge in [-0.05, 0) is 32.4 Å². The molecule has 21 heavy (non-hydrogen) atoms. The second-order valence-electron chi connectivity index (χ2n) is 5.67. The van der Waals surface area contributed by atoms with Crippen molar-refractivity contribution < 1.29 is 4.79 Å². The molecular formula is C15H20N4O2. The number of nitrogens with one attached hydrogen (secondary N) is 1. The average molecular weight is 288 g/mol. The van der Waals surface area contributed by atoms with Gasteiger partial charge in [0.05, 0.1) is 11.9 Å². The third-order valence-corrected chi connectivity index (χ3v) is 3.54. The van der Waals surface area contributed by atoms with Crippen molar-refractivity contribution in [2.24, 2.45) is 0 Å². The van der Waals surface area contributed by atoms with Crippen LogP contribution in [0, 0.1) is 0 Å². The maximum absolute atomic E-state index is 12.2. The molecule has 112 valence electrons. The van der Waals surface area contributed by atoms with Crippen LogP contribution in [-0.4, -0.2) is 26.4 Å². The molecule has 0 saturated heterocycles. The van der Waals surface area contributed by atoms with Gasteiger partial charge in [-0.2, -0.15) is 0 Å². The Morgan fingerprint density at radius 2 is 2.05 bits per heavy atom. The number of nitrogens with zero attached hydrogens (tertiary/aromatic N) is 3. The largest absolute Gasteiger partial charge is 0.351 e. The summed E-state index contributed by atoms with van der Waals surface area (Å²) < 4.78 is 1.24. The van der Waals surface area contributed by atoms with Gasteiger partial charge in [-0.3, -0.25) is 9.59 Å². The van der Waals surface area contributed by atoms with Crippen LogP contribution in [0.25, 0.3) is 10.9 Å². The molecule has 2 aromatic rings. The van der Waals surface area contributed by atoms with E-state index in [1.54, 1.807) is 24.3 Å². The highest BCUT2D eigenvalue weighted by molar-refractivity contribution is 5.77. The van der Waals surface area contributed by atoms with Crippen molar-refractivity contribution in [2.45, 2.75) is 45.7 Å². The number of rotatable bonds is 5. The smallest absolute Gasteiger partial charge is 0.277 e. The fourth-order valence-electron chi connectivity index (χ4n) is 1.91. The van der Waals surface area contributed by atoms with Crippen LogP contribution in [0.15, 0.2) is 29.1 Å². The van der Waals surface area contributed by atoms with Gasteiger partial charge in [0.2, 0.25) is 5.91 Å². The first-order chi connectivity index (χ1) is 9.93. The summed E-state index contributed by atoms with van der Waals surface area (Å²) in [5.74, 6) is -0.0938. The number of fused-ring (bicyclic) bond motifs is 1. The fraction of sp³-hybridized carbons (Fsp3) is 0.467. The second kappa shape index (κ2) is 6.03. The number of aromatic nitrogens is 3. The van der Waals surface area contributed by atoms with Crippen LogP contribution in [-0.2, 0) is 11.3 Å². The molecule has 6 nitrogen and oxygen atoms in total. The third kappa shape index (κ3) is 3.65. The van der Waals surface area contributed by atoms with Crippen molar-refractivity contribution >= 4 is 16.8 Å². The van der Waals surface area contributed by atoms with Gasteiger partial charge in [0.25, 0.3) is 5.56 Å². The standard InChI is InChI=1S/C15H20N4O2/c1-4-15(2,3)16-13(20)9-10-19-14(21)11-7-5-6-8-12(11)17-18-19/h5-8H,4,9-10H2,1-3H3,(H,16,20). The van der Waals surface area contributed by atoms with E-state index in [0.29, 0.717) is 10.9 Å². The molecule has 0 aliphatic rings. The minimum atomic E-state index is -0.239. The predicted molar refractivity (Wildman–Crippen MR) is 80.9 cm³/mol. The Hall–Kier alpha value is -2.24. The van der Waals surface area contributed by atoms with Crippen LogP contribution >= 0.6 is 0 Å². The minimum Gasteiger partial charge on any atom is -0.351 e. The Morgan fingerprint density at radius 3 is 2.76 bits per heavy atom. The molecule has 6 heteroatoms. The molecule has 1 N–H and O–H groups in total. The maximum Gasteiger partial charge on any atom is 0.277 e. The average Bonchev–Trinajstić information content (AvgIpc) is 2.46. The lowest BCUT2D eigenvalue weighted by Gasteiger charge is -2.24. The molecule has 0 fully saturated rings. The molecule has 1 heterocycles. The number of aryl methyl sites for hydroxylation is 1. The van der Waals surface area contributed by atoms with Crippen LogP contribution in [0.3, 0.4) is 0 Å². The number of benzene rings is 1. The number of amides is 1. The Labute approximate surface area is 123 Å². The zero-order chi connectivity index (χ0) is 15.5. The molecule has 0 spiro atoms. The first-order valence-corrected chi connectivity index (χ1v) is 7.06. The van der Waals surface area contributed by atoms with Gasteiger partial charge in [-0.25, -0.2) is 4.68 Å². The first-order valence-electron chi connectivity index (χ1n) is 7.06. The van der Waals surface area contributed by atoms with Crippen molar-refractivity contribution in [3.8, 4) is 0 Å². The van der Waals surface area contributed by atoms with E-state index >= 15 is 0 Å². The zero-order valence-electron chi connectivity index (χ0n) is 12.6. The van der Waals surface area contributed by atoms with Crippen molar-refractivity contribution in [1.82, 2.24) is 20.3 Å². The van der Waals surface area contributed by atoms with Gasteiger partial charge in [0.1, 0.15) is 5.52 Å². The normalized spacial score (nSPS) is 11.6. The highest BCUT2D eigenvalue weighted by atomic mass is 16.2. The van der Waals surface area contributed by atoms with Gasteiger partial charge in [-0.1, -0.05) is 24.3 Å². The lowest BCUT2D eigenvalue weighted by atomic mass is 10.0. The van der Waals surface area contributed by atoms with E-state index in [-0.39, 0.29) is 30.0 Å². The van der Waals surface area contributed by atoms with Crippen LogP contribution in [0.1, 0.15) is 33.6 Å². The SMILES string of the molecule is CCC(C)(C)NC(=O)CCn1nnc2ccccc2c1=O. The highest BCUT2D eigenvalue weighted by Gasteiger charge is 2.17. The quantitative estimate of drug-likeness (QED) is 0.904. The summed E-state index contributed by atoms with van der Waals surface area (Å²) in [7, 11) is 0. The molecule has 0 radical (unpaired) electrons. The lowest BCUT2D eigenvalue weighted by Crippen LogP contribution is -2.43. The number of carbonyl (C=O) groups is 1. The van der Waals surface area contributed by atoms with Crippen molar-refractivity contribution in [2.75, 3.05) is 0 Å². The summed E-state index contributed by atoms with van der Waals surface area (Å²) in [4.78, 5) is 24.1. The predicted octanol–water partition coefficient (Wildman–Crippen LogP) is 1.49. The topological polar surface area (TPSA) is 76.9 Å². The van der Waals surface area contributed by atoms with Crippen LogP contribution < -0.4 is 10.9 Å². The Balaban J connectivity index is 2.09. The van der Waals surface area contributed by atoms with Crippen LogP contribution in [0.4, 0.5) is 0 Å². The van der Waals surface area contributed by atoms with Gasteiger partial charge < -0.3 is 5.32 Å². The molecule has 0 bridgehead atoms. The summed E-state index contributed by atoms with van der Waals surface area (Å²) in [6.45, 7) is 6.17. The molecule has 0 aliphatic heterocycles. The molecule has 1 aromatic heterocycles. The number of carbonyl (C=O) groups excluding carboxylic acids is 1. The highest BCUT2D eigenvalue weighted by Crippen LogP contribution is 2.07. The van der Waals surface area contributed by atoms with E-state index in [2.05, 4.69) is 15.6 Å². The molecular weight excluding hydrogens is 268 g/mol. The summed E-state index contributed by atoms with van der Waals surface area (Å²) >= 11 is 0. The maximum atomic E-state index is 12.2. The van der Waals surface area contributed by atoms with Gasteiger partial charge in [0, 0.05) is 12.0 Å². The lowest BCUT2D eigenvalue weighted by molar-refractivity contribution is -0.123. The number of hydrogen-bond donors (Lipinski definition) is 1. The third-order valence-electron chi connectivity index (χ3n) is 3.54.